The second-order valence-corrected chi connectivity index (χ2v) is 5.99. The molecule has 25 heavy (non-hydrogen) atoms. The van der Waals surface area contributed by atoms with Crippen LogP contribution in [0.15, 0.2) is 42.5 Å². The van der Waals surface area contributed by atoms with Crippen molar-refractivity contribution in [2.24, 2.45) is 0 Å². The average Bonchev–Trinajstić information content (AvgIpc) is 3.14. The van der Waals surface area contributed by atoms with Gasteiger partial charge in [0.25, 0.3) is 11.8 Å². The number of carbonyl (C=O) groups excluding carboxylic acids is 2. The zero-order chi connectivity index (χ0) is 17.8. The number of carbonyl (C=O) groups is 2. The van der Waals surface area contributed by atoms with Crippen molar-refractivity contribution < 1.29 is 18.7 Å². The first-order valence-electron chi connectivity index (χ1n) is 8.13. The molecule has 0 aliphatic carbocycles. The molecule has 2 amide bonds. The Morgan fingerprint density at radius 3 is 2.36 bits per heavy atom. The summed E-state index contributed by atoms with van der Waals surface area (Å²) in [7, 11) is 0. The number of hydrogen-bond acceptors (Lipinski definition) is 3. The molecular weight excluding hydrogens is 323 g/mol. The van der Waals surface area contributed by atoms with Gasteiger partial charge in [0, 0.05) is 23.5 Å². The maximum atomic E-state index is 13.6. The second kappa shape index (κ2) is 7.44. The number of aryl methyl sites for hydroxylation is 1. The maximum absolute atomic E-state index is 13.6. The summed E-state index contributed by atoms with van der Waals surface area (Å²) in [6.45, 7) is 2.25. The van der Waals surface area contributed by atoms with Crippen molar-refractivity contribution in [1.29, 1.82) is 0 Å². The van der Waals surface area contributed by atoms with Crippen LogP contribution in [0.2, 0.25) is 0 Å². The molecule has 0 bridgehead atoms. The molecule has 1 aliphatic heterocycles. The van der Waals surface area contributed by atoms with Crippen molar-refractivity contribution in [3.8, 4) is 0 Å². The van der Waals surface area contributed by atoms with Crippen LogP contribution >= 0.6 is 0 Å². The lowest BCUT2D eigenvalue weighted by atomic mass is 10.1. The SMILES string of the molecule is Cc1ccc(C(=O)Nc2ccc(NC(=O)[C@@H]3CCCO3)cc2)cc1F. The topological polar surface area (TPSA) is 67.4 Å². The molecule has 6 heteroatoms. The molecule has 2 aromatic carbocycles. The molecule has 1 fully saturated rings. The van der Waals surface area contributed by atoms with Crippen LogP contribution in [-0.4, -0.2) is 24.5 Å². The van der Waals surface area contributed by atoms with Crippen molar-refractivity contribution in [3.63, 3.8) is 0 Å². The van der Waals surface area contributed by atoms with E-state index in [0.29, 0.717) is 23.5 Å². The third-order valence-corrected chi connectivity index (χ3v) is 4.07. The Bertz CT molecular complexity index is 784. The average molecular weight is 342 g/mol. The molecule has 3 rings (SSSR count). The molecule has 0 spiro atoms. The number of benzene rings is 2. The van der Waals surface area contributed by atoms with Crippen LogP contribution in [0.5, 0.6) is 0 Å². The van der Waals surface area contributed by atoms with Gasteiger partial charge >= 0.3 is 0 Å². The van der Waals surface area contributed by atoms with E-state index in [1.807, 2.05) is 0 Å². The minimum atomic E-state index is -0.417. The first-order chi connectivity index (χ1) is 12.0. The number of ether oxygens (including phenoxy) is 1. The summed E-state index contributed by atoms with van der Waals surface area (Å²) in [5, 5.41) is 5.48. The van der Waals surface area contributed by atoms with Gasteiger partial charge in [-0.25, -0.2) is 4.39 Å². The fourth-order valence-electron chi connectivity index (χ4n) is 2.58. The van der Waals surface area contributed by atoms with Gasteiger partial charge < -0.3 is 15.4 Å². The van der Waals surface area contributed by atoms with Crippen LogP contribution in [0.3, 0.4) is 0 Å². The second-order valence-electron chi connectivity index (χ2n) is 5.99. The Morgan fingerprint density at radius 1 is 1.08 bits per heavy atom. The molecule has 1 atom stereocenters. The van der Waals surface area contributed by atoms with E-state index in [4.69, 9.17) is 4.74 Å². The predicted molar refractivity (Wildman–Crippen MR) is 93.1 cm³/mol. The zero-order valence-electron chi connectivity index (χ0n) is 13.8. The zero-order valence-corrected chi connectivity index (χ0v) is 13.8. The number of anilines is 2. The quantitative estimate of drug-likeness (QED) is 0.893. The van der Waals surface area contributed by atoms with Crippen molar-refractivity contribution in [1.82, 2.24) is 0 Å². The molecule has 1 saturated heterocycles. The van der Waals surface area contributed by atoms with Crippen LogP contribution in [0.1, 0.15) is 28.8 Å². The largest absolute Gasteiger partial charge is 0.368 e. The minimum absolute atomic E-state index is 0.163. The Kier molecular flexibility index (Phi) is 5.09. The van der Waals surface area contributed by atoms with E-state index in [9.17, 15) is 14.0 Å². The lowest BCUT2D eigenvalue weighted by Gasteiger charge is -2.11. The molecule has 1 heterocycles. The summed E-state index contributed by atoms with van der Waals surface area (Å²) >= 11 is 0. The van der Waals surface area contributed by atoms with E-state index >= 15 is 0 Å². The summed E-state index contributed by atoms with van der Waals surface area (Å²) in [4.78, 5) is 24.1. The monoisotopic (exact) mass is 342 g/mol. The molecule has 0 saturated carbocycles. The Labute approximate surface area is 145 Å². The van der Waals surface area contributed by atoms with E-state index in [2.05, 4.69) is 10.6 Å². The van der Waals surface area contributed by atoms with Crippen LogP contribution in [0, 0.1) is 12.7 Å². The highest BCUT2D eigenvalue weighted by Gasteiger charge is 2.23. The molecule has 0 aromatic heterocycles. The van der Waals surface area contributed by atoms with E-state index in [1.165, 1.54) is 6.07 Å². The highest BCUT2D eigenvalue weighted by Crippen LogP contribution is 2.18. The number of rotatable bonds is 4. The van der Waals surface area contributed by atoms with Gasteiger partial charge in [0.05, 0.1) is 0 Å². The van der Waals surface area contributed by atoms with Gasteiger partial charge in [0.1, 0.15) is 11.9 Å². The third-order valence-electron chi connectivity index (χ3n) is 4.07. The van der Waals surface area contributed by atoms with Gasteiger partial charge in [-0.3, -0.25) is 9.59 Å². The summed E-state index contributed by atoms with van der Waals surface area (Å²) < 4.78 is 18.9. The number of hydrogen-bond donors (Lipinski definition) is 2. The van der Waals surface area contributed by atoms with Crippen molar-refractivity contribution in [3.05, 3.63) is 59.4 Å². The molecule has 130 valence electrons. The Hall–Kier alpha value is -2.73. The minimum Gasteiger partial charge on any atom is -0.368 e. The Balaban J connectivity index is 1.61. The molecule has 2 N–H and O–H groups in total. The Morgan fingerprint density at radius 2 is 1.76 bits per heavy atom. The highest BCUT2D eigenvalue weighted by atomic mass is 19.1. The molecule has 0 unspecified atom stereocenters. The van der Waals surface area contributed by atoms with Gasteiger partial charge in [-0.15, -0.1) is 0 Å². The van der Waals surface area contributed by atoms with Crippen LogP contribution in [0.25, 0.3) is 0 Å². The maximum Gasteiger partial charge on any atom is 0.255 e. The van der Waals surface area contributed by atoms with Gasteiger partial charge in [0.15, 0.2) is 0 Å². The van der Waals surface area contributed by atoms with Crippen LogP contribution in [-0.2, 0) is 9.53 Å². The standard InChI is InChI=1S/C19H19FN2O3/c1-12-4-5-13(11-16(12)20)18(23)21-14-6-8-15(9-7-14)22-19(24)17-3-2-10-25-17/h4-9,11,17H,2-3,10H2,1H3,(H,21,23)(H,22,24)/t17-/m0/s1. The third kappa shape index (κ3) is 4.22. The van der Waals surface area contributed by atoms with Crippen LogP contribution < -0.4 is 10.6 Å². The first kappa shape index (κ1) is 17.1. The van der Waals surface area contributed by atoms with Gasteiger partial charge in [-0.1, -0.05) is 6.07 Å². The van der Waals surface area contributed by atoms with Crippen molar-refractivity contribution in [2.75, 3.05) is 17.2 Å². The fourth-order valence-corrected chi connectivity index (χ4v) is 2.58. The van der Waals surface area contributed by atoms with E-state index in [-0.39, 0.29) is 11.5 Å². The number of amides is 2. The molecule has 5 nitrogen and oxygen atoms in total. The molecule has 1 aliphatic rings. The summed E-state index contributed by atoms with van der Waals surface area (Å²) in [6.07, 6.45) is 1.23. The number of nitrogens with one attached hydrogen (secondary N) is 2. The van der Waals surface area contributed by atoms with E-state index in [1.54, 1.807) is 43.3 Å². The number of halogens is 1. The highest BCUT2D eigenvalue weighted by molar-refractivity contribution is 6.04. The fraction of sp³-hybridized carbons (Fsp3) is 0.263. The van der Waals surface area contributed by atoms with Crippen molar-refractivity contribution >= 4 is 23.2 Å². The first-order valence-corrected chi connectivity index (χ1v) is 8.13. The molecule has 2 aromatic rings. The lowest BCUT2D eigenvalue weighted by Crippen LogP contribution is -2.26. The van der Waals surface area contributed by atoms with Crippen molar-refractivity contribution in [2.45, 2.75) is 25.9 Å². The van der Waals surface area contributed by atoms with E-state index in [0.717, 1.165) is 12.8 Å². The lowest BCUT2D eigenvalue weighted by molar-refractivity contribution is -0.124. The normalized spacial score (nSPS) is 16.5. The van der Waals surface area contributed by atoms with Crippen LogP contribution in [0.4, 0.5) is 15.8 Å². The smallest absolute Gasteiger partial charge is 0.255 e. The predicted octanol–water partition coefficient (Wildman–Crippen LogP) is 3.50. The summed E-state index contributed by atoms with van der Waals surface area (Å²) in [6, 6.07) is 11.1. The van der Waals surface area contributed by atoms with E-state index < -0.39 is 17.8 Å². The van der Waals surface area contributed by atoms with Gasteiger partial charge in [0.2, 0.25) is 0 Å². The van der Waals surface area contributed by atoms with Gasteiger partial charge in [-0.05, 0) is 61.7 Å². The molecule has 0 radical (unpaired) electrons. The summed E-state index contributed by atoms with van der Waals surface area (Å²) in [5.74, 6) is -0.973. The summed E-state index contributed by atoms with van der Waals surface area (Å²) in [5.41, 5.74) is 1.92. The van der Waals surface area contributed by atoms with Gasteiger partial charge in [-0.2, -0.15) is 0 Å². The molecular formula is C19H19FN2O3.